The van der Waals surface area contributed by atoms with E-state index in [-0.39, 0.29) is 22.6 Å². The summed E-state index contributed by atoms with van der Waals surface area (Å²) in [5, 5.41) is 114. The topological polar surface area (TPSA) is 325 Å². The average molecular weight is 803 g/mol. The maximum atomic E-state index is 14.0. The lowest BCUT2D eigenvalue weighted by atomic mass is 9.97. The molecule has 0 radical (unpaired) electrons. The van der Waals surface area contributed by atoms with Gasteiger partial charge in [0, 0.05) is 23.8 Å². The van der Waals surface area contributed by atoms with Gasteiger partial charge >= 0.3 is 5.97 Å². The molecule has 0 aliphatic carbocycles. The lowest BCUT2D eigenvalue weighted by Crippen LogP contribution is -2.65. The average Bonchev–Trinajstić information content (AvgIpc) is 3.18. The van der Waals surface area contributed by atoms with Gasteiger partial charge in [-0.3, -0.25) is 4.79 Å². The predicted octanol–water partition coefficient (Wildman–Crippen LogP) is -0.736. The van der Waals surface area contributed by atoms with E-state index in [1.165, 1.54) is 37.5 Å². The first-order valence-electron chi connectivity index (χ1n) is 17.0. The van der Waals surface area contributed by atoms with Gasteiger partial charge in [-0.15, -0.1) is 0 Å². The number of carbonyl (C=O) groups is 1. The number of phenolic OH excluding ortho intramolecular Hbond substituents is 5. The summed E-state index contributed by atoms with van der Waals surface area (Å²) in [6.45, 7) is -1.83. The van der Waals surface area contributed by atoms with E-state index in [4.69, 9.17) is 32.8 Å². The second kappa shape index (κ2) is 16.8. The van der Waals surface area contributed by atoms with Gasteiger partial charge in [0.15, 0.2) is 47.3 Å². The first-order chi connectivity index (χ1) is 27.1. The van der Waals surface area contributed by atoms with Crippen molar-refractivity contribution < 1.29 is 93.8 Å². The number of hydrogen-bond donors (Lipinski definition) is 11. The maximum Gasteiger partial charge on any atom is 0.331 e. The molecule has 20 nitrogen and oxygen atoms in total. The van der Waals surface area contributed by atoms with Gasteiger partial charge in [-0.2, -0.15) is 0 Å². The summed E-state index contributed by atoms with van der Waals surface area (Å²) in [7, 11) is 1.31. The smallest absolute Gasteiger partial charge is 0.331 e. The molecule has 10 atom stereocenters. The van der Waals surface area contributed by atoms with Gasteiger partial charge in [-0.25, -0.2) is 4.79 Å². The zero-order valence-electron chi connectivity index (χ0n) is 29.6. The fraction of sp³-hybridized carbons (Fsp3) is 0.351. The number of aliphatic hydroxyl groups excluding tert-OH is 6. The van der Waals surface area contributed by atoms with E-state index < -0.39 is 126 Å². The highest BCUT2D eigenvalue weighted by atomic mass is 16.8. The molecule has 2 aliphatic rings. The van der Waals surface area contributed by atoms with Crippen LogP contribution in [0.4, 0.5) is 0 Å². The Bertz CT molecular complexity index is 2180. The van der Waals surface area contributed by atoms with Gasteiger partial charge in [0.25, 0.3) is 0 Å². The van der Waals surface area contributed by atoms with Gasteiger partial charge in [0.1, 0.15) is 59.1 Å². The van der Waals surface area contributed by atoms with Crippen LogP contribution in [0.15, 0.2) is 63.8 Å². The van der Waals surface area contributed by atoms with E-state index in [1.807, 2.05) is 0 Å². The van der Waals surface area contributed by atoms with Crippen molar-refractivity contribution in [1.29, 1.82) is 0 Å². The molecular formula is C37H38O20. The van der Waals surface area contributed by atoms with E-state index in [9.17, 15) is 65.8 Å². The summed E-state index contributed by atoms with van der Waals surface area (Å²) in [6.07, 6.45) is -16.9. The van der Waals surface area contributed by atoms with Crippen LogP contribution < -0.4 is 14.9 Å². The zero-order chi connectivity index (χ0) is 41.3. The lowest BCUT2D eigenvalue weighted by molar-refractivity contribution is -0.358. The molecule has 11 N–H and O–H groups in total. The third-order valence-corrected chi connectivity index (χ3v) is 9.20. The molecule has 20 heteroatoms. The van der Waals surface area contributed by atoms with E-state index in [0.717, 1.165) is 30.3 Å². The molecule has 2 fully saturated rings. The summed E-state index contributed by atoms with van der Waals surface area (Å²) in [4.78, 5) is 27.1. The minimum absolute atomic E-state index is 0.0924. The quantitative estimate of drug-likeness (QED) is 0.0505. The summed E-state index contributed by atoms with van der Waals surface area (Å²) >= 11 is 0. The molecule has 2 saturated heterocycles. The molecular weight excluding hydrogens is 764 g/mol. The molecule has 306 valence electrons. The number of fused-ring (bicyclic) bond motifs is 1. The fourth-order valence-corrected chi connectivity index (χ4v) is 6.22. The van der Waals surface area contributed by atoms with Crippen molar-refractivity contribution in [2.45, 2.75) is 61.4 Å². The zero-order valence-corrected chi connectivity index (χ0v) is 29.6. The SMILES string of the molecule is COc1cc(/C=C/C(=O)OC2[C@H](OC3[C@H](Oc4c(-c5ccc(O)c(O)c5)oc5cc(O)cc(O)c5c4=O)OC(CO)[C@@H](O)[C@@H]3O)OC(CO)[C@@H](O)[C@@H]2O)ccc1O. The molecule has 0 saturated carbocycles. The molecule has 3 aromatic carbocycles. The van der Waals surface area contributed by atoms with Crippen molar-refractivity contribution in [3.8, 4) is 51.6 Å². The van der Waals surface area contributed by atoms with Crippen LogP contribution in [0.3, 0.4) is 0 Å². The van der Waals surface area contributed by atoms with E-state index in [1.54, 1.807) is 0 Å². The van der Waals surface area contributed by atoms with E-state index >= 15 is 0 Å². The number of aliphatic hydroxyl groups is 6. The molecule has 0 bridgehead atoms. The predicted molar refractivity (Wildman–Crippen MR) is 189 cm³/mol. The summed E-state index contributed by atoms with van der Waals surface area (Å²) < 4.78 is 39.5. The number of esters is 1. The minimum atomic E-state index is -2.08. The van der Waals surface area contributed by atoms with Crippen molar-refractivity contribution in [3.05, 3.63) is 70.4 Å². The summed E-state index contributed by atoms with van der Waals surface area (Å²) in [6, 6.07) is 9.17. The first-order valence-corrected chi connectivity index (χ1v) is 17.0. The Kier molecular flexibility index (Phi) is 12.1. The second-order valence-electron chi connectivity index (χ2n) is 12.9. The standard InChI is InChI=1S/C37H38O20/c1-51-21-8-14(2-5-18(21)42)3-7-25(45)55-34-30(49)27(46)23(12-38)53-36(34)57-35-31(50)28(47)24(13-39)54-37(35)56-33-29(48)26-20(44)10-16(40)11-22(26)52-32(33)15-4-6-17(41)19(43)9-15/h2-11,23-24,27-28,30-31,34-44,46-47,49-50H,12-13H2,1H3/b7-3+/t23?,24?,27-,28-,30+,31+,34?,35?,36+,37+/m1/s1. The number of methoxy groups -OCH3 is 1. The Morgan fingerprint density at radius 1 is 0.754 bits per heavy atom. The van der Waals surface area contributed by atoms with Gasteiger partial charge in [0.05, 0.1) is 20.3 Å². The molecule has 4 unspecified atom stereocenters. The third-order valence-electron chi connectivity index (χ3n) is 9.20. The van der Waals surface area contributed by atoms with Crippen LogP contribution in [0.2, 0.25) is 0 Å². The molecule has 2 aliphatic heterocycles. The number of benzene rings is 3. The fourth-order valence-electron chi connectivity index (χ4n) is 6.22. The number of ether oxygens (including phenoxy) is 6. The number of aromatic hydroxyl groups is 5. The second-order valence-corrected chi connectivity index (χ2v) is 12.9. The monoisotopic (exact) mass is 802 g/mol. The van der Waals surface area contributed by atoms with Crippen LogP contribution in [0.1, 0.15) is 5.56 Å². The van der Waals surface area contributed by atoms with Gasteiger partial charge in [-0.05, 0) is 42.0 Å². The van der Waals surface area contributed by atoms with Crippen molar-refractivity contribution in [1.82, 2.24) is 0 Å². The highest BCUT2D eigenvalue weighted by Crippen LogP contribution is 2.40. The van der Waals surface area contributed by atoms with E-state index in [0.29, 0.717) is 5.56 Å². The van der Waals surface area contributed by atoms with Crippen LogP contribution in [-0.2, 0) is 23.7 Å². The Morgan fingerprint density at radius 2 is 1.40 bits per heavy atom. The number of phenols is 5. The Morgan fingerprint density at radius 3 is 2.05 bits per heavy atom. The molecule has 1 aromatic heterocycles. The van der Waals surface area contributed by atoms with Crippen molar-refractivity contribution in [2.24, 2.45) is 0 Å². The third kappa shape index (κ3) is 8.25. The number of rotatable bonds is 11. The Balaban J connectivity index is 1.38. The highest BCUT2D eigenvalue weighted by molar-refractivity contribution is 5.89. The Hall–Kier alpha value is -5.68. The summed E-state index contributed by atoms with van der Waals surface area (Å²) in [5.41, 5.74) is -1.22. The van der Waals surface area contributed by atoms with Crippen molar-refractivity contribution >= 4 is 23.0 Å². The normalized spacial score (nSPS) is 27.7. The molecule has 0 amide bonds. The minimum Gasteiger partial charge on any atom is -0.508 e. The summed E-state index contributed by atoms with van der Waals surface area (Å²) in [5.74, 6) is -4.98. The van der Waals surface area contributed by atoms with Crippen molar-refractivity contribution in [3.63, 3.8) is 0 Å². The number of carbonyl (C=O) groups excluding carboxylic acids is 1. The molecule has 57 heavy (non-hydrogen) atoms. The lowest BCUT2D eigenvalue weighted by Gasteiger charge is -2.46. The van der Waals surface area contributed by atoms with Crippen molar-refractivity contribution in [2.75, 3.05) is 20.3 Å². The molecule has 6 rings (SSSR count). The van der Waals surface area contributed by atoms with Crippen LogP contribution in [0, 0.1) is 0 Å². The van der Waals surface area contributed by atoms with Crippen LogP contribution in [0.25, 0.3) is 28.4 Å². The molecule has 4 aromatic rings. The van der Waals surface area contributed by atoms with E-state index in [2.05, 4.69) is 0 Å². The van der Waals surface area contributed by atoms with Crippen LogP contribution in [0.5, 0.6) is 40.2 Å². The molecule has 3 heterocycles. The maximum absolute atomic E-state index is 14.0. The number of hydrogen-bond acceptors (Lipinski definition) is 20. The largest absolute Gasteiger partial charge is 0.508 e. The molecule has 0 spiro atoms. The van der Waals surface area contributed by atoms with Gasteiger partial charge in [-0.1, -0.05) is 6.07 Å². The van der Waals surface area contributed by atoms with Gasteiger partial charge in [0.2, 0.25) is 17.5 Å². The van der Waals surface area contributed by atoms with Crippen LogP contribution >= 0.6 is 0 Å². The van der Waals surface area contributed by atoms with Gasteiger partial charge < -0.3 is 89.0 Å². The first kappa shape index (κ1) is 41.0. The highest BCUT2D eigenvalue weighted by Gasteiger charge is 2.53. The van der Waals surface area contributed by atoms with Crippen LogP contribution in [-0.4, -0.2) is 144 Å². The Labute approximate surface area is 320 Å².